The molecule has 2 spiro atoms. The Morgan fingerprint density at radius 2 is 1.79 bits per heavy atom. The van der Waals surface area contributed by atoms with Gasteiger partial charge in [0.05, 0.1) is 36.1 Å². The van der Waals surface area contributed by atoms with Crippen molar-refractivity contribution in [1.82, 2.24) is 0 Å². The first-order valence-corrected chi connectivity index (χ1v) is 14.5. The fraction of sp³-hybridized carbons (Fsp3) is 0.897. The summed E-state index contributed by atoms with van der Waals surface area (Å²) in [7, 11) is 0. The maximum Gasteiger partial charge on any atom is 0.309 e. The molecule has 7 rings (SSSR count). The lowest BCUT2D eigenvalue weighted by molar-refractivity contribution is -0.261. The summed E-state index contributed by atoms with van der Waals surface area (Å²) in [5.74, 6) is -5.87. The van der Waals surface area contributed by atoms with E-state index in [1.165, 1.54) is 0 Å². The minimum atomic E-state index is -2.13. The molecule has 5 saturated heterocycles. The second-order valence-corrected chi connectivity index (χ2v) is 14.5. The Labute approximate surface area is 227 Å². The summed E-state index contributed by atoms with van der Waals surface area (Å²) >= 11 is 0. The van der Waals surface area contributed by atoms with E-state index >= 15 is 0 Å². The minimum Gasteiger partial charge on any atom is -0.459 e. The van der Waals surface area contributed by atoms with Gasteiger partial charge in [-0.1, -0.05) is 20.8 Å². The van der Waals surface area contributed by atoms with Crippen molar-refractivity contribution in [2.24, 2.45) is 40.9 Å². The number of aliphatic hydroxyl groups excluding tert-OH is 2. The Morgan fingerprint density at radius 3 is 2.46 bits per heavy atom. The molecule has 0 aromatic heterocycles. The highest BCUT2D eigenvalue weighted by Crippen LogP contribution is 2.75. The number of hydrogen-bond donors (Lipinski definition) is 3. The molecule has 5 heterocycles. The van der Waals surface area contributed by atoms with Gasteiger partial charge in [-0.2, -0.15) is 0 Å². The molecule has 14 atom stereocenters. The van der Waals surface area contributed by atoms with Crippen LogP contribution in [-0.2, 0) is 33.3 Å². The summed E-state index contributed by atoms with van der Waals surface area (Å²) in [6, 6.07) is 0. The zero-order chi connectivity index (χ0) is 28.1. The van der Waals surface area contributed by atoms with Crippen LogP contribution < -0.4 is 0 Å². The van der Waals surface area contributed by atoms with E-state index in [0.29, 0.717) is 19.3 Å². The number of Topliss-reactive ketones (excluding diaryl/α,β-unsaturated/α-hetero) is 1. The average Bonchev–Trinajstić information content (AvgIpc) is 2.97. The molecule has 39 heavy (non-hydrogen) atoms. The van der Waals surface area contributed by atoms with Crippen molar-refractivity contribution in [3.05, 3.63) is 0 Å². The average molecular weight is 549 g/mol. The number of cyclic esters (lactones) is 1. The lowest BCUT2D eigenvalue weighted by Gasteiger charge is -2.43. The summed E-state index contributed by atoms with van der Waals surface area (Å²) in [5.41, 5.74) is -3.72. The topological polar surface area (TPSA) is 149 Å². The third-order valence-corrected chi connectivity index (χ3v) is 12.1. The van der Waals surface area contributed by atoms with Crippen LogP contribution in [0.15, 0.2) is 0 Å². The van der Waals surface area contributed by atoms with Gasteiger partial charge in [0.1, 0.15) is 23.4 Å². The van der Waals surface area contributed by atoms with Crippen molar-refractivity contribution in [2.75, 3.05) is 0 Å². The molecule has 0 aromatic rings. The van der Waals surface area contributed by atoms with Crippen molar-refractivity contribution in [3.63, 3.8) is 0 Å². The molecule has 2 aliphatic carbocycles. The Hall–Kier alpha value is -1.59. The maximum atomic E-state index is 14.1. The van der Waals surface area contributed by atoms with E-state index < -0.39 is 76.0 Å². The van der Waals surface area contributed by atoms with Crippen LogP contribution in [0.1, 0.15) is 73.1 Å². The molecule has 5 aliphatic heterocycles. The van der Waals surface area contributed by atoms with Gasteiger partial charge in [0.25, 0.3) is 0 Å². The molecule has 0 radical (unpaired) electrons. The van der Waals surface area contributed by atoms with E-state index in [1.54, 1.807) is 6.92 Å². The standard InChI is InChI=1S/C29H40O10/c1-12-8-15(36-24(12)34)21(32)13(2)20-22-26(20,5)10-17(30)27-11-28-16(7-6-14(27)23(33)29(22,35)39-27)25(3,4)37-18(28)9-19(31)38-28/h12-18,20-22,30,32,35H,6-11H2,1-5H3. The molecule has 2 bridgehead atoms. The largest absolute Gasteiger partial charge is 0.459 e. The first kappa shape index (κ1) is 26.3. The molecule has 3 N–H and O–H groups in total. The maximum absolute atomic E-state index is 14.1. The number of fused-ring (bicyclic) bond motifs is 3. The summed E-state index contributed by atoms with van der Waals surface area (Å²) in [6.45, 7) is 9.49. The van der Waals surface area contributed by atoms with E-state index in [9.17, 15) is 29.7 Å². The van der Waals surface area contributed by atoms with Gasteiger partial charge in [-0.25, -0.2) is 0 Å². The lowest BCUT2D eigenvalue weighted by atomic mass is 9.68. The van der Waals surface area contributed by atoms with Crippen molar-refractivity contribution < 1.29 is 48.7 Å². The summed E-state index contributed by atoms with van der Waals surface area (Å²) in [4.78, 5) is 38.6. The van der Waals surface area contributed by atoms with Gasteiger partial charge < -0.3 is 34.3 Å². The van der Waals surface area contributed by atoms with Gasteiger partial charge in [0, 0.05) is 18.3 Å². The van der Waals surface area contributed by atoms with E-state index in [4.69, 9.17) is 18.9 Å². The second kappa shape index (κ2) is 7.62. The molecular formula is C29H40O10. The Morgan fingerprint density at radius 1 is 1.08 bits per heavy atom. The SMILES string of the molecule is CC1CC(C(O)C(C)C2C3C4(O)OC5(CC67OC(=O)CC6OC(C)(C)C7CCC5C4=O)C(O)CC23C)OC1=O. The predicted molar refractivity (Wildman–Crippen MR) is 132 cm³/mol. The Bertz CT molecular complexity index is 1150. The lowest BCUT2D eigenvalue weighted by Crippen LogP contribution is -2.56. The summed E-state index contributed by atoms with van der Waals surface area (Å²) < 4.78 is 24.3. The predicted octanol–water partition coefficient (Wildman–Crippen LogP) is 1.26. The van der Waals surface area contributed by atoms with Gasteiger partial charge >= 0.3 is 11.9 Å². The summed E-state index contributed by atoms with van der Waals surface area (Å²) in [5, 5.41) is 35.2. The molecule has 2 saturated carbocycles. The molecule has 0 amide bonds. The molecule has 10 nitrogen and oxygen atoms in total. The molecule has 7 fully saturated rings. The van der Waals surface area contributed by atoms with Crippen molar-refractivity contribution in [3.8, 4) is 0 Å². The van der Waals surface area contributed by atoms with Gasteiger partial charge in [-0.05, 0) is 56.8 Å². The van der Waals surface area contributed by atoms with Crippen molar-refractivity contribution in [2.45, 2.75) is 120 Å². The number of aliphatic hydroxyl groups is 3. The van der Waals surface area contributed by atoms with Gasteiger partial charge in [0.2, 0.25) is 5.79 Å². The highest BCUT2D eigenvalue weighted by atomic mass is 16.7. The van der Waals surface area contributed by atoms with Gasteiger partial charge in [0.15, 0.2) is 5.78 Å². The fourth-order valence-corrected chi connectivity index (χ4v) is 10.4. The zero-order valence-corrected chi connectivity index (χ0v) is 23.2. The zero-order valence-electron chi connectivity index (χ0n) is 23.2. The molecule has 0 aromatic carbocycles. The number of hydrogen-bond acceptors (Lipinski definition) is 10. The van der Waals surface area contributed by atoms with Crippen molar-refractivity contribution in [1.29, 1.82) is 0 Å². The summed E-state index contributed by atoms with van der Waals surface area (Å²) in [6.07, 6.45) is -1.45. The quantitative estimate of drug-likeness (QED) is 0.440. The monoisotopic (exact) mass is 548 g/mol. The Kier molecular flexibility index (Phi) is 5.14. The van der Waals surface area contributed by atoms with Crippen LogP contribution in [-0.4, -0.2) is 80.0 Å². The highest BCUT2D eigenvalue weighted by Gasteiger charge is 2.84. The smallest absolute Gasteiger partial charge is 0.309 e. The molecule has 10 heteroatoms. The molecular weight excluding hydrogens is 508 g/mol. The van der Waals surface area contributed by atoms with Crippen LogP contribution in [0.2, 0.25) is 0 Å². The number of carbonyl (C=O) groups is 3. The van der Waals surface area contributed by atoms with Crippen LogP contribution in [0, 0.1) is 40.9 Å². The van der Waals surface area contributed by atoms with Crippen LogP contribution >= 0.6 is 0 Å². The third kappa shape index (κ3) is 3.07. The molecule has 7 aliphatic rings. The minimum absolute atomic E-state index is 0.0892. The van der Waals surface area contributed by atoms with E-state index in [2.05, 4.69) is 0 Å². The number of carbonyl (C=O) groups excluding carboxylic acids is 3. The first-order chi connectivity index (χ1) is 18.1. The number of rotatable bonds is 3. The van der Waals surface area contributed by atoms with Gasteiger partial charge in [-0.3, -0.25) is 14.4 Å². The third-order valence-electron chi connectivity index (χ3n) is 12.1. The van der Waals surface area contributed by atoms with Crippen molar-refractivity contribution >= 4 is 17.7 Å². The van der Waals surface area contributed by atoms with Crippen LogP contribution in [0.5, 0.6) is 0 Å². The second-order valence-electron chi connectivity index (χ2n) is 14.5. The molecule has 216 valence electrons. The van der Waals surface area contributed by atoms with Crippen LogP contribution in [0.4, 0.5) is 0 Å². The number of ketones is 1. The normalized spacial score (nSPS) is 56.4. The number of ether oxygens (including phenoxy) is 4. The van der Waals surface area contributed by atoms with Crippen LogP contribution in [0.3, 0.4) is 0 Å². The van der Waals surface area contributed by atoms with Crippen LogP contribution in [0.25, 0.3) is 0 Å². The fourth-order valence-electron chi connectivity index (χ4n) is 10.4. The Balaban J connectivity index is 1.23. The first-order valence-electron chi connectivity index (χ1n) is 14.5. The van der Waals surface area contributed by atoms with E-state index in [0.717, 1.165) is 0 Å². The van der Waals surface area contributed by atoms with E-state index in [1.807, 2.05) is 27.7 Å². The molecule has 14 unspecified atom stereocenters. The highest BCUT2D eigenvalue weighted by molar-refractivity contribution is 5.92. The van der Waals surface area contributed by atoms with E-state index in [-0.39, 0.29) is 49.0 Å². The van der Waals surface area contributed by atoms with Gasteiger partial charge in [-0.15, -0.1) is 0 Å². The number of esters is 2.